The van der Waals surface area contributed by atoms with Gasteiger partial charge in [-0.2, -0.15) is 0 Å². The van der Waals surface area contributed by atoms with Gasteiger partial charge in [-0.05, 0) is 89.9 Å². The van der Waals surface area contributed by atoms with Crippen LogP contribution in [0.25, 0.3) is 0 Å². The van der Waals surface area contributed by atoms with Gasteiger partial charge >= 0.3 is 17.9 Å². The van der Waals surface area contributed by atoms with Gasteiger partial charge in [-0.3, -0.25) is 14.4 Å². The number of esters is 3. The zero-order valence-corrected chi connectivity index (χ0v) is 45.6. The maximum absolute atomic E-state index is 12.9. The van der Waals surface area contributed by atoms with E-state index in [0.29, 0.717) is 19.3 Å². The van der Waals surface area contributed by atoms with Gasteiger partial charge < -0.3 is 14.2 Å². The van der Waals surface area contributed by atoms with E-state index in [2.05, 4.69) is 93.7 Å². The molecule has 69 heavy (non-hydrogen) atoms. The quantitative estimate of drug-likeness (QED) is 0.0262. The summed E-state index contributed by atoms with van der Waals surface area (Å²) in [6.07, 6.45) is 73.2. The predicted molar refractivity (Wildman–Crippen MR) is 298 cm³/mol. The Labute approximate surface area is 427 Å². The van der Waals surface area contributed by atoms with Gasteiger partial charge in [0.05, 0.1) is 0 Å². The second-order valence-electron chi connectivity index (χ2n) is 19.5. The zero-order chi connectivity index (χ0) is 50.0. The Kier molecular flexibility index (Phi) is 54.8. The summed E-state index contributed by atoms with van der Waals surface area (Å²) in [7, 11) is 0. The lowest BCUT2D eigenvalue weighted by molar-refractivity contribution is -0.167. The molecule has 0 aromatic heterocycles. The number of rotatable bonds is 53. The van der Waals surface area contributed by atoms with Crippen molar-refractivity contribution in [3.63, 3.8) is 0 Å². The molecule has 0 aliphatic carbocycles. The van der Waals surface area contributed by atoms with Gasteiger partial charge in [0.1, 0.15) is 13.2 Å². The summed E-state index contributed by atoms with van der Waals surface area (Å²) >= 11 is 0. The van der Waals surface area contributed by atoms with Crippen molar-refractivity contribution in [1.29, 1.82) is 0 Å². The van der Waals surface area contributed by atoms with Crippen LogP contribution in [0.2, 0.25) is 0 Å². The van der Waals surface area contributed by atoms with Crippen molar-refractivity contribution in [2.75, 3.05) is 13.2 Å². The first-order chi connectivity index (χ1) is 34.0. The van der Waals surface area contributed by atoms with E-state index in [0.717, 1.165) is 103 Å². The predicted octanol–water partition coefficient (Wildman–Crippen LogP) is 19.8. The van der Waals surface area contributed by atoms with E-state index in [9.17, 15) is 14.4 Å². The number of carbonyl (C=O) groups is 3. The number of hydrogen-bond donors (Lipinski definition) is 0. The molecule has 0 aromatic rings. The van der Waals surface area contributed by atoms with Crippen LogP contribution in [0.3, 0.4) is 0 Å². The number of allylic oxidation sites excluding steroid dienone is 12. The lowest BCUT2D eigenvalue weighted by Crippen LogP contribution is -2.30. The lowest BCUT2D eigenvalue weighted by Gasteiger charge is -2.18. The highest BCUT2D eigenvalue weighted by atomic mass is 16.6. The van der Waals surface area contributed by atoms with E-state index in [1.54, 1.807) is 0 Å². The molecule has 0 spiro atoms. The Morgan fingerprint density at radius 3 is 0.884 bits per heavy atom. The minimum absolute atomic E-state index is 0.0845. The van der Waals surface area contributed by atoms with Gasteiger partial charge in [-0.15, -0.1) is 0 Å². The highest BCUT2D eigenvalue weighted by molar-refractivity contribution is 5.71. The Hall–Kier alpha value is -3.15. The van der Waals surface area contributed by atoms with Gasteiger partial charge in [0, 0.05) is 19.3 Å². The van der Waals surface area contributed by atoms with Crippen LogP contribution < -0.4 is 0 Å². The molecule has 6 nitrogen and oxygen atoms in total. The molecule has 0 N–H and O–H groups in total. The Bertz CT molecular complexity index is 1290. The van der Waals surface area contributed by atoms with E-state index < -0.39 is 6.10 Å². The summed E-state index contributed by atoms with van der Waals surface area (Å²) in [6, 6.07) is 0. The number of carbonyl (C=O) groups excluding carboxylic acids is 3. The molecule has 0 bridgehead atoms. The number of ether oxygens (including phenoxy) is 3. The maximum Gasteiger partial charge on any atom is 0.306 e. The van der Waals surface area contributed by atoms with E-state index in [1.807, 2.05) is 0 Å². The largest absolute Gasteiger partial charge is 0.462 e. The topological polar surface area (TPSA) is 78.9 Å². The molecular formula is C63H110O6. The molecule has 0 aliphatic rings. The van der Waals surface area contributed by atoms with Crippen LogP contribution in [0.5, 0.6) is 0 Å². The fourth-order valence-electron chi connectivity index (χ4n) is 8.29. The van der Waals surface area contributed by atoms with Crippen molar-refractivity contribution in [2.45, 2.75) is 297 Å². The van der Waals surface area contributed by atoms with Crippen molar-refractivity contribution >= 4 is 17.9 Å². The van der Waals surface area contributed by atoms with Gasteiger partial charge in [-0.25, -0.2) is 0 Å². The molecule has 0 aromatic carbocycles. The first kappa shape index (κ1) is 65.8. The Balaban J connectivity index is 4.38. The van der Waals surface area contributed by atoms with Crippen LogP contribution in [0.15, 0.2) is 72.9 Å². The highest BCUT2D eigenvalue weighted by Gasteiger charge is 2.19. The van der Waals surface area contributed by atoms with E-state index in [-0.39, 0.29) is 31.1 Å². The van der Waals surface area contributed by atoms with E-state index in [4.69, 9.17) is 14.2 Å². The van der Waals surface area contributed by atoms with Gasteiger partial charge in [-0.1, -0.05) is 254 Å². The second-order valence-corrected chi connectivity index (χ2v) is 19.5. The van der Waals surface area contributed by atoms with Gasteiger partial charge in [0.15, 0.2) is 6.10 Å². The molecule has 0 rings (SSSR count). The first-order valence-electron chi connectivity index (χ1n) is 29.4. The summed E-state index contributed by atoms with van der Waals surface area (Å²) in [4.78, 5) is 38.2. The maximum atomic E-state index is 12.9. The molecule has 0 saturated heterocycles. The molecule has 0 aliphatic heterocycles. The summed E-state index contributed by atoms with van der Waals surface area (Å²) in [5.74, 6) is -0.903. The van der Waals surface area contributed by atoms with Crippen LogP contribution in [0, 0.1) is 0 Å². The zero-order valence-electron chi connectivity index (χ0n) is 45.6. The van der Waals surface area contributed by atoms with Crippen LogP contribution in [-0.2, 0) is 28.6 Å². The fourth-order valence-corrected chi connectivity index (χ4v) is 8.29. The minimum Gasteiger partial charge on any atom is -0.462 e. The van der Waals surface area contributed by atoms with Crippen LogP contribution in [0.1, 0.15) is 290 Å². The third-order valence-corrected chi connectivity index (χ3v) is 12.7. The van der Waals surface area contributed by atoms with Crippen molar-refractivity contribution in [3.05, 3.63) is 72.9 Å². The molecule has 0 amide bonds. The summed E-state index contributed by atoms with van der Waals surface area (Å²) < 4.78 is 16.9. The number of hydrogen-bond acceptors (Lipinski definition) is 6. The average molecular weight is 964 g/mol. The standard InChI is InChI=1S/C63H110O6/c1-4-7-10-13-16-19-22-25-27-29-30-31-32-34-35-38-41-44-47-50-53-56-62(65)68-59-60(58-67-61(64)55-52-49-46-43-40-37-24-21-18-15-12-9-6-3)69-63(66)57-54-51-48-45-42-39-36-33-28-26-23-20-17-14-11-8-5-2/h8,11,17,20,22,25-26,28-30,36,39,60H,4-7,9-10,12-16,18-19,21,23-24,27,31-35,37-38,40-59H2,1-3H3/b11-8-,20-17-,25-22-,28-26-,30-29-,39-36-. The van der Waals surface area contributed by atoms with Crippen LogP contribution >= 0.6 is 0 Å². The van der Waals surface area contributed by atoms with Crippen molar-refractivity contribution in [1.82, 2.24) is 0 Å². The van der Waals surface area contributed by atoms with Crippen LogP contribution in [0.4, 0.5) is 0 Å². The average Bonchev–Trinajstić information content (AvgIpc) is 3.35. The fraction of sp³-hybridized carbons (Fsp3) is 0.762. The second kappa shape index (κ2) is 57.4. The highest BCUT2D eigenvalue weighted by Crippen LogP contribution is 2.16. The first-order valence-corrected chi connectivity index (χ1v) is 29.4. The van der Waals surface area contributed by atoms with Gasteiger partial charge in [0.25, 0.3) is 0 Å². The van der Waals surface area contributed by atoms with E-state index >= 15 is 0 Å². The molecule has 0 saturated carbocycles. The molecule has 398 valence electrons. The minimum atomic E-state index is -0.789. The number of unbranched alkanes of at least 4 members (excludes halogenated alkanes) is 30. The Morgan fingerprint density at radius 2 is 0.565 bits per heavy atom. The molecule has 6 heteroatoms. The normalized spacial score (nSPS) is 12.6. The molecular weight excluding hydrogens is 853 g/mol. The Morgan fingerprint density at radius 1 is 0.304 bits per heavy atom. The van der Waals surface area contributed by atoms with Crippen LogP contribution in [-0.4, -0.2) is 37.2 Å². The summed E-state index contributed by atoms with van der Waals surface area (Å²) in [5, 5.41) is 0. The smallest absolute Gasteiger partial charge is 0.306 e. The lowest BCUT2D eigenvalue weighted by atomic mass is 10.0. The third kappa shape index (κ3) is 55.6. The van der Waals surface area contributed by atoms with Crippen molar-refractivity contribution in [3.8, 4) is 0 Å². The van der Waals surface area contributed by atoms with Crippen molar-refractivity contribution < 1.29 is 28.6 Å². The molecule has 1 atom stereocenters. The third-order valence-electron chi connectivity index (χ3n) is 12.7. The molecule has 0 radical (unpaired) electrons. The van der Waals surface area contributed by atoms with Gasteiger partial charge in [0.2, 0.25) is 0 Å². The molecule has 0 heterocycles. The monoisotopic (exact) mass is 963 g/mol. The summed E-state index contributed by atoms with van der Waals surface area (Å²) in [5.41, 5.74) is 0. The molecule has 1 unspecified atom stereocenters. The summed E-state index contributed by atoms with van der Waals surface area (Å²) in [6.45, 7) is 6.52. The SMILES string of the molecule is CC/C=C\C/C=C\C/C=C\C/C=C\CCCCCCC(=O)OC(COC(=O)CCCCCCCCCCC/C=C\C/C=C\CCCCCCC)COC(=O)CCCCCCCCCCCCCCC. The van der Waals surface area contributed by atoms with E-state index in [1.165, 1.54) is 148 Å². The van der Waals surface area contributed by atoms with Crippen molar-refractivity contribution in [2.24, 2.45) is 0 Å². The molecule has 0 fully saturated rings.